The van der Waals surface area contributed by atoms with Crippen molar-refractivity contribution in [1.82, 2.24) is 20.2 Å². The third-order valence-corrected chi connectivity index (χ3v) is 4.15. The van der Waals surface area contributed by atoms with Gasteiger partial charge in [0, 0.05) is 33.1 Å². The molecule has 0 aliphatic heterocycles. The number of halogens is 1. The Kier molecular flexibility index (Phi) is 3.39. The zero-order valence-corrected chi connectivity index (χ0v) is 13.7. The molecular formula is C16H10BrN5O2. The number of hydrogen-bond acceptors (Lipinski definition) is 4. The van der Waals surface area contributed by atoms with Crippen molar-refractivity contribution in [1.29, 1.82) is 0 Å². The first-order valence-corrected chi connectivity index (χ1v) is 7.85. The van der Waals surface area contributed by atoms with E-state index in [4.69, 9.17) is 0 Å². The molecule has 7 nitrogen and oxygen atoms in total. The van der Waals surface area contributed by atoms with Crippen LogP contribution in [0.1, 0.15) is 0 Å². The lowest BCUT2D eigenvalue weighted by atomic mass is 10.2. The van der Waals surface area contributed by atoms with Crippen LogP contribution in [0, 0.1) is 10.1 Å². The number of nitro groups is 1. The molecule has 2 aromatic heterocycles. The molecule has 0 unspecified atom stereocenters. The monoisotopic (exact) mass is 383 g/mol. The summed E-state index contributed by atoms with van der Waals surface area (Å²) in [5, 5.41) is 18.9. The fourth-order valence-electron chi connectivity index (χ4n) is 2.47. The number of H-pyrrole nitrogens is 2. The van der Waals surface area contributed by atoms with Gasteiger partial charge in [-0.15, -0.1) is 0 Å². The summed E-state index contributed by atoms with van der Waals surface area (Å²) < 4.78 is 1.00. The first-order chi connectivity index (χ1) is 11.6. The minimum Gasteiger partial charge on any atom is -0.352 e. The van der Waals surface area contributed by atoms with Crippen molar-refractivity contribution >= 4 is 32.5 Å². The van der Waals surface area contributed by atoms with Gasteiger partial charge in [0.2, 0.25) is 0 Å². The van der Waals surface area contributed by atoms with Crippen LogP contribution in [0.3, 0.4) is 0 Å². The van der Waals surface area contributed by atoms with Crippen molar-refractivity contribution in [2.45, 2.75) is 0 Å². The van der Waals surface area contributed by atoms with Gasteiger partial charge in [-0.05, 0) is 36.4 Å². The lowest BCUT2D eigenvalue weighted by Gasteiger charge is -1.94. The van der Waals surface area contributed by atoms with Crippen molar-refractivity contribution in [3.63, 3.8) is 0 Å². The molecule has 0 aliphatic carbocycles. The Bertz CT molecular complexity index is 1050. The maximum absolute atomic E-state index is 10.7. The van der Waals surface area contributed by atoms with Gasteiger partial charge in [-0.3, -0.25) is 15.2 Å². The molecule has 0 radical (unpaired) electrons. The molecular weight excluding hydrogens is 374 g/mol. The molecule has 0 saturated carbocycles. The Morgan fingerprint density at radius 3 is 2.62 bits per heavy atom. The van der Waals surface area contributed by atoms with Gasteiger partial charge in [-0.1, -0.05) is 15.9 Å². The van der Waals surface area contributed by atoms with Gasteiger partial charge < -0.3 is 4.98 Å². The average molecular weight is 384 g/mol. The summed E-state index contributed by atoms with van der Waals surface area (Å²) in [5.74, 6) is 1.09. The zero-order chi connectivity index (χ0) is 16.7. The number of aromatic amines is 2. The molecule has 4 rings (SSSR count). The molecule has 0 atom stereocenters. The summed E-state index contributed by atoms with van der Waals surface area (Å²) >= 11 is 3.45. The molecule has 0 amide bonds. The van der Waals surface area contributed by atoms with Gasteiger partial charge in [0.05, 0.1) is 10.6 Å². The van der Waals surface area contributed by atoms with Crippen molar-refractivity contribution in [2.75, 3.05) is 0 Å². The number of benzene rings is 2. The van der Waals surface area contributed by atoms with E-state index in [-0.39, 0.29) is 5.69 Å². The minimum absolute atomic E-state index is 0.0377. The highest BCUT2D eigenvalue weighted by Gasteiger charge is 2.12. The van der Waals surface area contributed by atoms with Gasteiger partial charge in [-0.25, -0.2) is 4.98 Å². The summed E-state index contributed by atoms with van der Waals surface area (Å²) in [6.45, 7) is 0. The highest BCUT2D eigenvalue weighted by atomic mass is 79.9. The standard InChI is InChI=1S/C16H10BrN5O2/c17-11-3-6-13-10(7-11)8-14(18-13)16-19-15(20-21-16)9-1-4-12(5-2-9)22(23)24/h1-8,18H,(H,19,20,21). The van der Waals surface area contributed by atoms with Gasteiger partial charge in [0.1, 0.15) is 0 Å². The van der Waals surface area contributed by atoms with E-state index < -0.39 is 4.92 Å². The number of hydrogen-bond donors (Lipinski definition) is 2. The number of nitro benzene ring substituents is 1. The van der Waals surface area contributed by atoms with Crippen LogP contribution in [-0.2, 0) is 0 Å². The van der Waals surface area contributed by atoms with Crippen molar-refractivity contribution in [3.05, 3.63) is 63.1 Å². The van der Waals surface area contributed by atoms with E-state index in [0.29, 0.717) is 17.2 Å². The molecule has 4 aromatic rings. The minimum atomic E-state index is -0.435. The summed E-state index contributed by atoms with van der Waals surface area (Å²) in [5.41, 5.74) is 2.57. The van der Waals surface area contributed by atoms with Gasteiger partial charge in [-0.2, -0.15) is 5.10 Å². The fourth-order valence-corrected chi connectivity index (χ4v) is 2.85. The second-order valence-corrected chi connectivity index (χ2v) is 6.14. The number of rotatable bonds is 3. The average Bonchev–Trinajstić information content (AvgIpc) is 3.21. The Labute approximate surface area is 144 Å². The molecule has 118 valence electrons. The van der Waals surface area contributed by atoms with Crippen molar-refractivity contribution in [3.8, 4) is 22.9 Å². The quantitative estimate of drug-likeness (QED) is 0.406. The number of aromatic nitrogens is 4. The first kappa shape index (κ1) is 14.6. The predicted molar refractivity (Wildman–Crippen MR) is 93.5 cm³/mol. The van der Waals surface area contributed by atoms with Crippen LogP contribution in [-0.4, -0.2) is 25.1 Å². The molecule has 2 N–H and O–H groups in total. The van der Waals surface area contributed by atoms with E-state index in [9.17, 15) is 10.1 Å². The van der Waals surface area contributed by atoms with E-state index >= 15 is 0 Å². The number of fused-ring (bicyclic) bond motifs is 1. The number of nitrogens with one attached hydrogen (secondary N) is 2. The Balaban J connectivity index is 1.69. The number of non-ortho nitro benzene ring substituents is 1. The molecule has 2 heterocycles. The largest absolute Gasteiger partial charge is 0.352 e. The first-order valence-electron chi connectivity index (χ1n) is 7.06. The molecule has 24 heavy (non-hydrogen) atoms. The third-order valence-electron chi connectivity index (χ3n) is 3.66. The molecule has 0 saturated heterocycles. The van der Waals surface area contributed by atoms with E-state index in [1.807, 2.05) is 24.3 Å². The summed E-state index contributed by atoms with van der Waals surface area (Å²) in [7, 11) is 0. The maximum atomic E-state index is 10.7. The van der Waals surface area contributed by atoms with E-state index in [0.717, 1.165) is 21.1 Å². The lowest BCUT2D eigenvalue weighted by Crippen LogP contribution is -1.87. The van der Waals surface area contributed by atoms with Gasteiger partial charge in [0.25, 0.3) is 5.69 Å². The summed E-state index contributed by atoms with van der Waals surface area (Å²) in [6.07, 6.45) is 0. The smallest absolute Gasteiger partial charge is 0.269 e. The maximum Gasteiger partial charge on any atom is 0.269 e. The lowest BCUT2D eigenvalue weighted by molar-refractivity contribution is -0.384. The van der Waals surface area contributed by atoms with Crippen LogP contribution in [0.2, 0.25) is 0 Å². The normalized spacial score (nSPS) is 11.0. The van der Waals surface area contributed by atoms with Crippen LogP contribution in [0.25, 0.3) is 33.8 Å². The third kappa shape index (κ3) is 2.56. The van der Waals surface area contributed by atoms with Crippen molar-refractivity contribution < 1.29 is 4.92 Å². The molecule has 0 fully saturated rings. The second-order valence-electron chi connectivity index (χ2n) is 5.23. The summed E-state index contributed by atoms with van der Waals surface area (Å²) in [6, 6.07) is 14.1. The highest BCUT2D eigenvalue weighted by Crippen LogP contribution is 2.26. The van der Waals surface area contributed by atoms with Gasteiger partial charge >= 0.3 is 0 Å². The van der Waals surface area contributed by atoms with Crippen LogP contribution >= 0.6 is 15.9 Å². The SMILES string of the molecule is O=[N+]([O-])c1ccc(-c2n[nH]c(-c3cc4cc(Br)ccc4[nH]3)n2)cc1. The molecule has 8 heteroatoms. The molecule has 0 spiro atoms. The molecule has 2 aromatic carbocycles. The summed E-state index contributed by atoms with van der Waals surface area (Å²) in [4.78, 5) is 18.0. The van der Waals surface area contributed by atoms with E-state index in [1.165, 1.54) is 12.1 Å². The Hall–Kier alpha value is -3.00. The van der Waals surface area contributed by atoms with E-state index in [2.05, 4.69) is 36.1 Å². The Morgan fingerprint density at radius 2 is 1.88 bits per heavy atom. The van der Waals surface area contributed by atoms with Crippen molar-refractivity contribution in [2.24, 2.45) is 0 Å². The predicted octanol–water partition coefficient (Wildman–Crippen LogP) is 4.29. The topological polar surface area (TPSA) is 100 Å². The van der Waals surface area contributed by atoms with Crippen LogP contribution in [0.15, 0.2) is 53.0 Å². The van der Waals surface area contributed by atoms with Crippen LogP contribution < -0.4 is 0 Å². The molecule has 0 bridgehead atoms. The fraction of sp³-hybridized carbons (Fsp3) is 0. The zero-order valence-electron chi connectivity index (χ0n) is 12.2. The highest BCUT2D eigenvalue weighted by molar-refractivity contribution is 9.10. The number of nitrogens with zero attached hydrogens (tertiary/aromatic N) is 3. The van der Waals surface area contributed by atoms with Crippen LogP contribution in [0.5, 0.6) is 0 Å². The molecule has 0 aliphatic rings. The van der Waals surface area contributed by atoms with Gasteiger partial charge in [0.15, 0.2) is 11.6 Å². The van der Waals surface area contributed by atoms with Crippen LogP contribution in [0.4, 0.5) is 5.69 Å². The second kappa shape index (κ2) is 5.57. The van der Waals surface area contributed by atoms with E-state index in [1.54, 1.807) is 12.1 Å². The Morgan fingerprint density at radius 1 is 1.08 bits per heavy atom.